The Morgan fingerprint density at radius 3 is 2.31 bits per heavy atom. The summed E-state index contributed by atoms with van der Waals surface area (Å²) in [4.78, 5) is 25.2. The number of rotatable bonds is 7. The lowest BCUT2D eigenvalue weighted by Crippen LogP contribution is -2.23. The maximum absolute atomic E-state index is 13.3. The van der Waals surface area contributed by atoms with Gasteiger partial charge in [-0.05, 0) is 48.5 Å². The van der Waals surface area contributed by atoms with E-state index in [9.17, 15) is 14.0 Å². The van der Waals surface area contributed by atoms with Gasteiger partial charge in [-0.3, -0.25) is 9.59 Å². The molecule has 0 atom stereocenters. The van der Waals surface area contributed by atoms with Crippen LogP contribution in [-0.2, 0) is 4.79 Å². The molecule has 0 bridgehead atoms. The SMILES string of the molecule is CNc1cnn(-c2ccc(N(CCC(=O)O)c3ccc(F)cc3)cc2)c(=O)c1Cl. The molecule has 0 saturated carbocycles. The van der Waals surface area contributed by atoms with Gasteiger partial charge in [0.05, 0.1) is 24.0 Å². The van der Waals surface area contributed by atoms with E-state index in [2.05, 4.69) is 10.4 Å². The second-order valence-corrected chi connectivity index (χ2v) is 6.51. The molecule has 0 spiro atoms. The molecule has 9 heteroatoms. The summed E-state index contributed by atoms with van der Waals surface area (Å²) in [5.41, 5.74) is 1.80. The Labute approximate surface area is 171 Å². The summed E-state index contributed by atoms with van der Waals surface area (Å²) in [5.74, 6) is -1.32. The minimum Gasteiger partial charge on any atom is -0.481 e. The number of hydrogen-bond donors (Lipinski definition) is 2. The Bertz CT molecular complexity index is 1070. The van der Waals surface area contributed by atoms with Gasteiger partial charge in [0.25, 0.3) is 5.56 Å². The third-order valence-electron chi connectivity index (χ3n) is 4.28. The molecule has 0 fully saturated rings. The van der Waals surface area contributed by atoms with Crippen LogP contribution in [0.4, 0.5) is 21.5 Å². The molecular weight excluding hydrogens is 399 g/mol. The summed E-state index contributed by atoms with van der Waals surface area (Å²) < 4.78 is 14.4. The standard InChI is InChI=1S/C20H18ClFN4O3/c1-23-17-12-24-26(20(29)19(17)21)16-8-6-15(7-9-16)25(11-10-18(27)28)14-4-2-13(22)3-5-14/h2-9,12,23H,10-11H2,1H3,(H,27,28). The summed E-state index contributed by atoms with van der Waals surface area (Å²) in [5, 5.41) is 16.0. The summed E-state index contributed by atoms with van der Waals surface area (Å²) in [6.07, 6.45) is 1.36. The quantitative estimate of drug-likeness (QED) is 0.611. The third kappa shape index (κ3) is 4.55. The van der Waals surface area contributed by atoms with Crippen molar-refractivity contribution in [1.29, 1.82) is 0 Å². The average molecular weight is 417 g/mol. The summed E-state index contributed by atoms with van der Waals surface area (Å²) in [6.45, 7) is 0.196. The fourth-order valence-electron chi connectivity index (χ4n) is 2.80. The summed E-state index contributed by atoms with van der Waals surface area (Å²) in [7, 11) is 1.64. The highest BCUT2D eigenvalue weighted by Gasteiger charge is 2.13. The lowest BCUT2D eigenvalue weighted by molar-refractivity contribution is -0.136. The van der Waals surface area contributed by atoms with Crippen molar-refractivity contribution >= 4 is 34.6 Å². The van der Waals surface area contributed by atoms with Gasteiger partial charge in [-0.2, -0.15) is 9.78 Å². The summed E-state index contributed by atoms with van der Waals surface area (Å²) >= 11 is 6.06. The molecule has 150 valence electrons. The van der Waals surface area contributed by atoms with Crippen molar-refractivity contribution < 1.29 is 14.3 Å². The van der Waals surface area contributed by atoms with Gasteiger partial charge in [0.15, 0.2) is 0 Å². The first-order valence-electron chi connectivity index (χ1n) is 8.71. The van der Waals surface area contributed by atoms with E-state index in [0.717, 1.165) is 0 Å². The zero-order valence-corrected chi connectivity index (χ0v) is 16.2. The lowest BCUT2D eigenvalue weighted by Gasteiger charge is -2.24. The fourth-order valence-corrected chi connectivity index (χ4v) is 3.02. The number of nitrogens with one attached hydrogen (secondary N) is 1. The van der Waals surface area contributed by atoms with Crippen LogP contribution in [0.1, 0.15) is 6.42 Å². The number of carboxylic acids is 1. The molecule has 0 saturated heterocycles. The van der Waals surface area contributed by atoms with E-state index in [-0.39, 0.29) is 23.8 Å². The van der Waals surface area contributed by atoms with Gasteiger partial charge in [-0.1, -0.05) is 11.6 Å². The van der Waals surface area contributed by atoms with E-state index in [0.29, 0.717) is 22.7 Å². The van der Waals surface area contributed by atoms with Crippen molar-refractivity contribution in [3.63, 3.8) is 0 Å². The van der Waals surface area contributed by atoms with Gasteiger partial charge in [0.2, 0.25) is 0 Å². The maximum atomic E-state index is 13.3. The normalized spacial score (nSPS) is 10.6. The fraction of sp³-hybridized carbons (Fsp3) is 0.150. The molecule has 2 aromatic carbocycles. The summed E-state index contributed by atoms with van der Waals surface area (Å²) in [6, 6.07) is 12.6. The molecule has 1 heterocycles. The predicted octanol–water partition coefficient (Wildman–Crippen LogP) is 3.68. The van der Waals surface area contributed by atoms with Crippen molar-refractivity contribution in [2.75, 3.05) is 23.8 Å². The van der Waals surface area contributed by atoms with Gasteiger partial charge in [-0.25, -0.2) is 4.39 Å². The zero-order chi connectivity index (χ0) is 21.0. The Kier molecular flexibility index (Phi) is 6.13. The second-order valence-electron chi connectivity index (χ2n) is 6.13. The first-order chi connectivity index (χ1) is 13.9. The Morgan fingerprint density at radius 1 is 1.17 bits per heavy atom. The number of benzene rings is 2. The molecule has 0 amide bonds. The van der Waals surface area contributed by atoms with Gasteiger partial charge in [0, 0.05) is 25.0 Å². The maximum Gasteiger partial charge on any atom is 0.305 e. The van der Waals surface area contributed by atoms with Crippen LogP contribution in [0.15, 0.2) is 59.5 Å². The van der Waals surface area contributed by atoms with Crippen molar-refractivity contribution in [2.45, 2.75) is 6.42 Å². The predicted molar refractivity (Wildman–Crippen MR) is 110 cm³/mol. The molecule has 29 heavy (non-hydrogen) atoms. The van der Waals surface area contributed by atoms with Crippen LogP contribution in [0.2, 0.25) is 5.02 Å². The number of hydrogen-bond acceptors (Lipinski definition) is 5. The van der Waals surface area contributed by atoms with Crippen LogP contribution in [0.3, 0.4) is 0 Å². The van der Waals surface area contributed by atoms with E-state index >= 15 is 0 Å². The van der Waals surface area contributed by atoms with E-state index < -0.39 is 11.5 Å². The Balaban J connectivity index is 1.95. The van der Waals surface area contributed by atoms with Crippen LogP contribution in [0.25, 0.3) is 5.69 Å². The first kappa shape index (κ1) is 20.3. The average Bonchev–Trinajstić information content (AvgIpc) is 2.72. The number of anilines is 3. The van der Waals surface area contributed by atoms with Crippen molar-refractivity contribution in [1.82, 2.24) is 9.78 Å². The van der Waals surface area contributed by atoms with Gasteiger partial charge >= 0.3 is 5.97 Å². The minimum absolute atomic E-state index is 0.0287. The molecular formula is C20H18ClFN4O3. The van der Waals surface area contributed by atoms with Crippen LogP contribution in [-0.4, -0.2) is 34.4 Å². The first-order valence-corrected chi connectivity index (χ1v) is 9.09. The van der Waals surface area contributed by atoms with Crippen LogP contribution in [0.5, 0.6) is 0 Å². The molecule has 0 aliphatic carbocycles. The number of halogens is 2. The second kappa shape index (κ2) is 8.74. The smallest absolute Gasteiger partial charge is 0.305 e. The molecule has 0 aliphatic heterocycles. The molecule has 2 N–H and O–H groups in total. The minimum atomic E-state index is -0.941. The largest absolute Gasteiger partial charge is 0.481 e. The van der Waals surface area contributed by atoms with Gasteiger partial charge < -0.3 is 15.3 Å². The van der Waals surface area contributed by atoms with Gasteiger partial charge in [0.1, 0.15) is 10.8 Å². The number of carbonyl (C=O) groups is 1. The number of aliphatic carboxylic acids is 1. The highest BCUT2D eigenvalue weighted by atomic mass is 35.5. The van der Waals surface area contributed by atoms with Crippen molar-refractivity contribution in [2.24, 2.45) is 0 Å². The number of aromatic nitrogens is 2. The Hall–Kier alpha value is -3.39. The van der Waals surface area contributed by atoms with E-state index in [4.69, 9.17) is 16.7 Å². The van der Waals surface area contributed by atoms with Crippen LogP contribution in [0, 0.1) is 5.82 Å². The third-order valence-corrected chi connectivity index (χ3v) is 4.65. The van der Waals surface area contributed by atoms with Crippen molar-refractivity contribution in [3.05, 3.63) is 75.9 Å². The van der Waals surface area contributed by atoms with Crippen molar-refractivity contribution in [3.8, 4) is 5.69 Å². The number of nitrogens with zero attached hydrogens (tertiary/aromatic N) is 3. The molecule has 3 aromatic rings. The molecule has 0 radical (unpaired) electrons. The molecule has 0 aliphatic rings. The van der Waals surface area contributed by atoms with Gasteiger partial charge in [-0.15, -0.1) is 0 Å². The topological polar surface area (TPSA) is 87.5 Å². The Morgan fingerprint density at radius 2 is 1.76 bits per heavy atom. The monoisotopic (exact) mass is 416 g/mol. The van der Waals surface area contributed by atoms with E-state index in [1.807, 2.05) is 0 Å². The highest BCUT2D eigenvalue weighted by molar-refractivity contribution is 6.32. The molecule has 1 aromatic heterocycles. The zero-order valence-electron chi connectivity index (χ0n) is 15.5. The number of carboxylic acid groups (broad SMARTS) is 1. The van der Waals surface area contributed by atoms with E-state index in [1.165, 1.54) is 23.0 Å². The molecule has 7 nitrogen and oxygen atoms in total. The van der Waals surface area contributed by atoms with E-state index in [1.54, 1.807) is 48.3 Å². The molecule has 3 rings (SSSR count). The lowest BCUT2D eigenvalue weighted by atomic mass is 10.2. The molecule has 0 unspecified atom stereocenters. The van der Waals surface area contributed by atoms with Crippen LogP contribution < -0.4 is 15.8 Å². The van der Waals surface area contributed by atoms with Crippen LogP contribution >= 0.6 is 11.6 Å². The highest BCUT2D eigenvalue weighted by Crippen LogP contribution is 2.27.